The molecule has 0 unspecified atom stereocenters. The fraction of sp³-hybridized carbons (Fsp3) is 1.00. The van der Waals surface area contributed by atoms with E-state index in [9.17, 15) is 5.11 Å². The van der Waals surface area contributed by atoms with E-state index in [1.807, 2.05) is 0 Å². The van der Waals surface area contributed by atoms with Crippen LogP contribution < -0.4 is 0 Å². The molecule has 0 radical (unpaired) electrons. The Morgan fingerprint density at radius 1 is 0.933 bits per heavy atom. The van der Waals surface area contributed by atoms with Gasteiger partial charge in [-0.05, 0) is 6.42 Å². The Bertz CT molecular complexity index is 145. The molecule has 0 aliphatic carbocycles. The maximum Gasteiger partial charge on any atom is 0.216 e. The van der Waals surface area contributed by atoms with Gasteiger partial charge in [0.2, 0.25) is 3.79 Å². The number of aliphatic hydroxyl groups excluding tert-OH is 1. The summed E-state index contributed by atoms with van der Waals surface area (Å²) in [6.07, 6.45) is 8.17. The van der Waals surface area contributed by atoms with E-state index in [1.54, 1.807) is 0 Å². The average molecular weight is 276 g/mol. The van der Waals surface area contributed by atoms with Crippen LogP contribution in [0.1, 0.15) is 58.3 Å². The van der Waals surface area contributed by atoms with Gasteiger partial charge in [-0.25, -0.2) is 0 Å². The van der Waals surface area contributed by atoms with Crippen LogP contribution in [0.2, 0.25) is 0 Å². The van der Waals surface area contributed by atoms with Gasteiger partial charge in [0.1, 0.15) is 6.10 Å². The van der Waals surface area contributed by atoms with Crippen LogP contribution in [0.15, 0.2) is 0 Å². The fourth-order valence-corrected chi connectivity index (χ4v) is 1.79. The van der Waals surface area contributed by atoms with Gasteiger partial charge >= 0.3 is 0 Å². The number of aliphatic hydroxyl groups is 1. The molecule has 0 rings (SSSR count). The molecular formula is C11H21Cl3O. The van der Waals surface area contributed by atoms with Gasteiger partial charge in [0.15, 0.2) is 0 Å². The summed E-state index contributed by atoms with van der Waals surface area (Å²) in [5.41, 5.74) is 0. The summed E-state index contributed by atoms with van der Waals surface area (Å²) in [6, 6.07) is 0. The minimum absolute atomic E-state index is 0.574. The van der Waals surface area contributed by atoms with Gasteiger partial charge in [-0.1, -0.05) is 86.7 Å². The average Bonchev–Trinajstić information content (AvgIpc) is 2.14. The first-order valence-corrected chi connectivity index (χ1v) is 6.86. The second-order valence-electron chi connectivity index (χ2n) is 3.97. The zero-order chi connectivity index (χ0) is 11.7. The minimum Gasteiger partial charge on any atom is -0.389 e. The molecule has 1 N–H and O–H groups in total. The van der Waals surface area contributed by atoms with Crippen molar-refractivity contribution in [2.24, 2.45) is 0 Å². The van der Waals surface area contributed by atoms with Gasteiger partial charge < -0.3 is 5.11 Å². The van der Waals surface area contributed by atoms with Crippen LogP contribution in [0.3, 0.4) is 0 Å². The Morgan fingerprint density at radius 3 is 1.87 bits per heavy atom. The quantitative estimate of drug-likeness (QED) is 0.495. The molecule has 0 spiro atoms. The monoisotopic (exact) mass is 274 g/mol. The number of unbranched alkanes of at least 4 members (excludes halogenated alkanes) is 6. The van der Waals surface area contributed by atoms with E-state index in [1.165, 1.54) is 32.1 Å². The SMILES string of the molecule is CCCCCCCCC[C@@H](O)C(Cl)(Cl)Cl. The Morgan fingerprint density at radius 2 is 1.40 bits per heavy atom. The largest absolute Gasteiger partial charge is 0.389 e. The Kier molecular flexibility index (Phi) is 9.42. The normalized spacial score (nSPS) is 14.2. The molecule has 0 aromatic rings. The fourth-order valence-electron chi connectivity index (χ4n) is 1.46. The van der Waals surface area contributed by atoms with Crippen molar-refractivity contribution >= 4 is 34.8 Å². The summed E-state index contributed by atoms with van der Waals surface area (Å²) in [5.74, 6) is 0. The highest BCUT2D eigenvalue weighted by Gasteiger charge is 2.29. The lowest BCUT2D eigenvalue weighted by molar-refractivity contribution is 0.164. The molecule has 0 heterocycles. The van der Waals surface area contributed by atoms with Gasteiger partial charge in [0.05, 0.1) is 0 Å². The van der Waals surface area contributed by atoms with Gasteiger partial charge in [-0.15, -0.1) is 0 Å². The molecular weight excluding hydrogens is 254 g/mol. The molecule has 1 atom stereocenters. The third-order valence-electron chi connectivity index (χ3n) is 2.46. The standard InChI is InChI=1S/C11H21Cl3O/c1-2-3-4-5-6-7-8-9-10(15)11(12,13)14/h10,15H,2-9H2,1H3/t10-/m1/s1. The Hall–Kier alpha value is 0.830. The molecule has 0 aromatic carbocycles. The van der Waals surface area contributed by atoms with Crippen molar-refractivity contribution in [1.82, 2.24) is 0 Å². The van der Waals surface area contributed by atoms with Crippen LogP contribution in [0, 0.1) is 0 Å². The summed E-state index contributed by atoms with van der Waals surface area (Å²) in [6.45, 7) is 2.21. The molecule has 0 saturated carbocycles. The van der Waals surface area contributed by atoms with Gasteiger partial charge in [-0.2, -0.15) is 0 Å². The molecule has 1 nitrogen and oxygen atoms in total. The third kappa shape index (κ3) is 9.74. The van der Waals surface area contributed by atoms with Crippen molar-refractivity contribution in [3.05, 3.63) is 0 Å². The molecule has 4 heteroatoms. The van der Waals surface area contributed by atoms with E-state index in [2.05, 4.69) is 6.92 Å². The third-order valence-corrected chi connectivity index (χ3v) is 3.21. The van der Waals surface area contributed by atoms with Crippen LogP contribution in [-0.2, 0) is 0 Å². The molecule has 15 heavy (non-hydrogen) atoms. The van der Waals surface area contributed by atoms with Crippen molar-refractivity contribution in [1.29, 1.82) is 0 Å². The first-order valence-electron chi connectivity index (χ1n) is 5.73. The Balaban J connectivity index is 3.24. The predicted molar refractivity (Wildman–Crippen MR) is 68.9 cm³/mol. The first kappa shape index (κ1) is 15.8. The van der Waals surface area contributed by atoms with Crippen molar-refractivity contribution in [3.8, 4) is 0 Å². The zero-order valence-corrected chi connectivity index (χ0v) is 11.6. The van der Waals surface area contributed by atoms with Gasteiger partial charge in [0, 0.05) is 0 Å². The van der Waals surface area contributed by atoms with Crippen molar-refractivity contribution in [2.45, 2.75) is 68.2 Å². The van der Waals surface area contributed by atoms with Crippen LogP contribution >= 0.6 is 34.8 Å². The second-order valence-corrected chi connectivity index (χ2v) is 6.34. The molecule has 0 aromatic heterocycles. The van der Waals surface area contributed by atoms with Gasteiger partial charge in [-0.3, -0.25) is 0 Å². The number of hydrogen-bond acceptors (Lipinski definition) is 1. The van der Waals surface area contributed by atoms with Crippen molar-refractivity contribution < 1.29 is 5.11 Å². The lowest BCUT2D eigenvalue weighted by Crippen LogP contribution is -2.24. The second kappa shape index (κ2) is 8.92. The predicted octanol–water partition coefficient (Wildman–Crippen LogP) is 4.86. The summed E-state index contributed by atoms with van der Waals surface area (Å²) in [5, 5.41) is 9.43. The van der Waals surface area contributed by atoms with Gasteiger partial charge in [0.25, 0.3) is 0 Å². The zero-order valence-electron chi connectivity index (χ0n) is 9.32. The maximum absolute atomic E-state index is 9.43. The van der Waals surface area contributed by atoms with E-state index >= 15 is 0 Å². The highest BCUT2D eigenvalue weighted by atomic mass is 35.6. The number of hydrogen-bond donors (Lipinski definition) is 1. The lowest BCUT2D eigenvalue weighted by atomic mass is 10.1. The van der Waals surface area contributed by atoms with Crippen molar-refractivity contribution in [2.75, 3.05) is 0 Å². The molecule has 0 bridgehead atoms. The maximum atomic E-state index is 9.43. The van der Waals surface area contributed by atoms with Crippen LogP contribution in [0.5, 0.6) is 0 Å². The van der Waals surface area contributed by atoms with Crippen LogP contribution in [0.4, 0.5) is 0 Å². The first-order chi connectivity index (χ1) is 6.98. The number of rotatable bonds is 8. The van der Waals surface area contributed by atoms with E-state index < -0.39 is 9.90 Å². The highest BCUT2D eigenvalue weighted by molar-refractivity contribution is 6.68. The molecule has 92 valence electrons. The van der Waals surface area contributed by atoms with Crippen molar-refractivity contribution in [3.63, 3.8) is 0 Å². The molecule has 0 aliphatic rings. The highest BCUT2D eigenvalue weighted by Crippen LogP contribution is 2.32. The topological polar surface area (TPSA) is 20.2 Å². The van der Waals surface area contributed by atoms with Crippen LogP contribution in [0.25, 0.3) is 0 Å². The van der Waals surface area contributed by atoms with E-state index in [0.717, 1.165) is 12.8 Å². The van der Waals surface area contributed by atoms with E-state index in [0.29, 0.717) is 6.42 Å². The Labute approximate surface area is 108 Å². The smallest absolute Gasteiger partial charge is 0.216 e. The number of alkyl halides is 3. The summed E-state index contributed by atoms with van der Waals surface area (Å²) in [7, 11) is 0. The summed E-state index contributed by atoms with van der Waals surface area (Å²) < 4.78 is -1.53. The van der Waals surface area contributed by atoms with E-state index in [-0.39, 0.29) is 0 Å². The van der Waals surface area contributed by atoms with E-state index in [4.69, 9.17) is 34.8 Å². The minimum atomic E-state index is -1.53. The number of halogens is 3. The summed E-state index contributed by atoms with van der Waals surface area (Å²) in [4.78, 5) is 0. The lowest BCUT2D eigenvalue weighted by Gasteiger charge is -2.18. The molecule has 0 saturated heterocycles. The summed E-state index contributed by atoms with van der Waals surface area (Å²) >= 11 is 16.6. The molecule has 0 amide bonds. The molecule has 0 aliphatic heterocycles. The van der Waals surface area contributed by atoms with Crippen LogP contribution in [-0.4, -0.2) is 15.0 Å². The molecule has 0 fully saturated rings.